The number of unbranched alkanes of at least 4 members (excludes halogenated alkanes) is 2. The van der Waals surface area contributed by atoms with Gasteiger partial charge in [0.1, 0.15) is 9.75 Å². The molecule has 2 atom stereocenters. The number of nitrogens with one attached hydrogen (secondary N) is 2. The summed E-state index contributed by atoms with van der Waals surface area (Å²) in [6, 6.07) is 21.6. The standard InChI is InChI=1S/C31H26Cl3N3O4/c32-23-15-8-3-10-18(23)27(39)36-35-24(38)16-2-1-9-17-37-28(40)25-26(29(37)41)31(34)20-12-5-4-11-19(20)30(25,33)21-13-6-7-14-22(21)31/h3-8,10-15,25-26H,1-2,9,16-17H2,(H,35,38)(H,36,39)/t25-,26+,30?,31?. The number of hydrogen-bond donors (Lipinski definition) is 2. The molecule has 3 aromatic carbocycles. The van der Waals surface area contributed by atoms with Crippen LogP contribution < -0.4 is 10.9 Å². The first-order valence-electron chi connectivity index (χ1n) is 13.5. The van der Waals surface area contributed by atoms with Gasteiger partial charge in [-0.25, -0.2) is 0 Å². The molecule has 4 aliphatic rings. The molecule has 7 nitrogen and oxygen atoms in total. The largest absolute Gasteiger partial charge is 0.282 e. The summed E-state index contributed by atoms with van der Waals surface area (Å²) in [6.07, 6.45) is 1.78. The monoisotopic (exact) mass is 609 g/mol. The minimum absolute atomic E-state index is 0.163. The molecule has 2 N–H and O–H groups in total. The molecular formula is C31H26Cl3N3O4. The summed E-state index contributed by atoms with van der Waals surface area (Å²) in [5, 5.41) is 0.283. The normalized spacial score (nSPS) is 25.4. The molecule has 10 heteroatoms. The van der Waals surface area contributed by atoms with Gasteiger partial charge in [-0.05, 0) is 47.2 Å². The molecule has 3 aliphatic carbocycles. The third-order valence-corrected chi connectivity index (χ3v) is 10.0. The van der Waals surface area contributed by atoms with Crippen molar-refractivity contribution in [1.29, 1.82) is 0 Å². The Bertz CT molecular complexity index is 1470. The van der Waals surface area contributed by atoms with Crippen molar-refractivity contribution in [1.82, 2.24) is 15.8 Å². The third kappa shape index (κ3) is 4.17. The zero-order valence-corrected chi connectivity index (χ0v) is 24.1. The Hall–Kier alpha value is -3.39. The first-order valence-corrected chi connectivity index (χ1v) is 14.6. The van der Waals surface area contributed by atoms with E-state index in [1.807, 2.05) is 48.5 Å². The van der Waals surface area contributed by atoms with Gasteiger partial charge in [0.25, 0.3) is 5.91 Å². The van der Waals surface area contributed by atoms with Crippen molar-refractivity contribution in [2.45, 2.75) is 35.4 Å². The van der Waals surface area contributed by atoms with Crippen LogP contribution in [0.25, 0.3) is 0 Å². The van der Waals surface area contributed by atoms with E-state index in [0.29, 0.717) is 19.3 Å². The van der Waals surface area contributed by atoms with E-state index in [9.17, 15) is 19.2 Å². The summed E-state index contributed by atoms with van der Waals surface area (Å²) in [5.41, 5.74) is 8.08. The fourth-order valence-electron chi connectivity index (χ4n) is 6.58. The maximum atomic E-state index is 13.8. The van der Waals surface area contributed by atoms with Crippen molar-refractivity contribution < 1.29 is 19.2 Å². The van der Waals surface area contributed by atoms with Gasteiger partial charge in [-0.3, -0.25) is 34.9 Å². The maximum absolute atomic E-state index is 13.8. The Morgan fingerprint density at radius 1 is 0.707 bits per heavy atom. The molecule has 1 heterocycles. The lowest BCUT2D eigenvalue weighted by Crippen LogP contribution is -2.57. The Morgan fingerprint density at radius 3 is 1.71 bits per heavy atom. The van der Waals surface area contributed by atoms with Crippen LogP contribution in [0.4, 0.5) is 0 Å². The number of rotatable bonds is 7. The van der Waals surface area contributed by atoms with Crippen LogP contribution in [0.1, 0.15) is 58.3 Å². The minimum Gasteiger partial charge on any atom is -0.282 e. The summed E-state index contributed by atoms with van der Waals surface area (Å²) < 4.78 is 0. The van der Waals surface area contributed by atoms with Crippen molar-refractivity contribution >= 4 is 58.4 Å². The highest BCUT2D eigenvalue weighted by atomic mass is 35.5. The zero-order chi connectivity index (χ0) is 28.9. The summed E-state index contributed by atoms with van der Waals surface area (Å²) in [6.45, 7) is 0.210. The average molecular weight is 611 g/mol. The first kappa shape index (κ1) is 27.8. The second-order valence-corrected chi connectivity index (χ2v) is 12.2. The quantitative estimate of drug-likeness (QED) is 0.165. The van der Waals surface area contributed by atoms with Crippen LogP contribution in [0.3, 0.4) is 0 Å². The van der Waals surface area contributed by atoms with Gasteiger partial charge in [-0.2, -0.15) is 0 Å². The molecule has 3 aromatic rings. The van der Waals surface area contributed by atoms with Crippen molar-refractivity contribution in [3.63, 3.8) is 0 Å². The lowest BCUT2D eigenvalue weighted by Gasteiger charge is -2.54. The second-order valence-electron chi connectivity index (χ2n) is 10.6. The van der Waals surface area contributed by atoms with E-state index in [1.165, 1.54) is 4.90 Å². The molecule has 0 radical (unpaired) electrons. The SMILES string of the molecule is O=C(CCCCCN1C(=O)[C@@H]2[C@H](C1=O)C1(Cl)c3ccccc3C2(Cl)c2ccccc21)NNC(=O)c1ccccc1Cl. The van der Waals surface area contributed by atoms with E-state index in [2.05, 4.69) is 10.9 Å². The van der Waals surface area contributed by atoms with E-state index in [0.717, 1.165) is 22.3 Å². The predicted molar refractivity (Wildman–Crippen MR) is 155 cm³/mol. The van der Waals surface area contributed by atoms with Crippen LogP contribution >= 0.6 is 34.8 Å². The van der Waals surface area contributed by atoms with Gasteiger partial charge in [-0.1, -0.05) is 78.7 Å². The molecule has 1 fully saturated rings. The number of carbonyl (C=O) groups excluding carboxylic acids is 4. The number of imide groups is 1. The number of halogens is 3. The van der Waals surface area contributed by atoms with Crippen molar-refractivity contribution in [2.75, 3.05) is 6.54 Å². The number of benzene rings is 3. The fraction of sp³-hybridized carbons (Fsp3) is 0.290. The molecule has 4 amide bonds. The molecule has 7 rings (SSSR count). The zero-order valence-electron chi connectivity index (χ0n) is 21.8. The fourth-order valence-corrected chi connectivity index (χ4v) is 7.90. The van der Waals surface area contributed by atoms with Gasteiger partial charge in [0.15, 0.2) is 0 Å². The van der Waals surface area contributed by atoms with Crippen LogP contribution in [0, 0.1) is 11.8 Å². The van der Waals surface area contributed by atoms with Gasteiger partial charge in [0.2, 0.25) is 17.7 Å². The molecule has 0 spiro atoms. The molecular weight excluding hydrogens is 585 g/mol. The Morgan fingerprint density at radius 2 is 1.20 bits per heavy atom. The number of hydrogen-bond acceptors (Lipinski definition) is 4. The number of carbonyl (C=O) groups is 4. The van der Waals surface area contributed by atoms with Crippen LogP contribution in [-0.4, -0.2) is 35.1 Å². The molecule has 0 saturated carbocycles. The summed E-state index contributed by atoms with van der Waals surface area (Å²) in [7, 11) is 0. The maximum Gasteiger partial charge on any atom is 0.271 e. The van der Waals surface area contributed by atoms with Crippen LogP contribution in [0.2, 0.25) is 5.02 Å². The number of nitrogens with zero attached hydrogens (tertiary/aromatic N) is 1. The molecule has 2 bridgehead atoms. The van der Waals surface area contributed by atoms with Crippen LogP contribution in [0.15, 0.2) is 72.8 Å². The topological polar surface area (TPSA) is 95.6 Å². The molecule has 0 aromatic heterocycles. The van der Waals surface area contributed by atoms with Gasteiger partial charge in [0, 0.05) is 13.0 Å². The Balaban J connectivity index is 1.09. The third-order valence-electron chi connectivity index (χ3n) is 8.40. The Kier molecular flexibility index (Phi) is 7.09. The van der Waals surface area contributed by atoms with E-state index >= 15 is 0 Å². The molecule has 1 aliphatic heterocycles. The number of amides is 4. The summed E-state index contributed by atoms with van der Waals surface area (Å²) >= 11 is 20.9. The van der Waals surface area contributed by atoms with Gasteiger partial charge in [0.05, 0.1) is 22.4 Å². The van der Waals surface area contributed by atoms with Gasteiger partial charge in [-0.15, -0.1) is 23.2 Å². The molecule has 41 heavy (non-hydrogen) atoms. The van der Waals surface area contributed by atoms with Crippen molar-refractivity contribution in [2.24, 2.45) is 11.8 Å². The van der Waals surface area contributed by atoms with E-state index < -0.39 is 27.5 Å². The van der Waals surface area contributed by atoms with E-state index in [-0.39, 0.29) is 41.3 Å². The highest BCUT2D eigenvalue weighted by molar-refractivity contribution is 6.36. The highest BCUT2D eigenvalue weighted by Crippen LogP contribution is 2.69. The average Bonchev–Trinajstić information content (AvgIpc) is 3.25. The van der Waals surface area contributed by atoms with Gasteiger partial charge >= 0.3 is 0 Å². The lowest BCUT2D eigenvalue weighted by atomic mass is 9.54. The van der Waals surface area contributed by atoms with Crippen LogP contribution in [0.5, 0.6) is 0 Å². The number of likely N-dealkylation sites (tertiary alicyclic amines) is 1. The Labute approximate surface area is 252 Å². The number of alkyl halides is 2. The molecule has 0 unspecified atom stereocenters. The van der Waals surface area contributed by atoms with Crippen molar-refractivity contribution in [3.05, 3.63) is 106 Å². The van der Waals surface area contributed by atoms with Crippen molar-refractivity contribution in [3.8, 4) is 0 Å². The summed E-state index contributed by atoms with van der Waals surface area (Å²) in [4.78, 5) is 51.0. The second kappa shape index (κ2) is 10.5. The molecule has 1 saturated heterocycles. The summed E-state index contributed by atoms with van der Waals surface area (Å²) in [5.74, 6) is -3.13. The van der Waals surface area contributed by atoms with E-state index in [1.54, 1.807) is 24.3 Å². The van der Waals surface area contributed by atoms with Crippen LogP contribution in [-0.2, 0) is 24.1 Å². The lowest BCUT2D eigenvalue weighted by molar-refractivity contribution is -0.140. The van der Waals surface area contributed by atoms with Gasteiger partial charge < -0.3 is 0 Å². The number of hydrazine groups is 1. The van der Waals surface area contributed by atoms with E-state index in [4.69, 9.17) is 34.8 Å². The molecule has 210 valence electrons. The predicted octanol–water partition coefficient (Wildman–Crippen LogP) is 5.25. The highest BCUT2D eigenvalue weighted by Gasteiger charge is 2.72. The minimum atomic E-state index is -1.19. The smallest absolute Gasteiger partial charge is 0.271 e. The first-order chi connectivity index (χ1) is 19.7.